The van der Waals surface area contributed by atoms with Crippen LogP contribution in [0.3, 0.4) is 0 Å². The van der Waals surface area contributed by atoms with Crippen LogP contribution in [-0.4, -0.2) is 28.1 Å². The summed E-state index contributed by atoms with van der Waals surface area (Å²) >= 11 is 7.15. The zero-order valence-corrected chi connectivity index (χ0v) is 13.0. The van der Waals surface area contributed by atoms with E-state index in [-0.39, 0.29) is 5.92 Å². The molecular weight excluding hydrogens is 314 g/mol. The van der Waals surface area contributed by atoms with Crippen molar-refractivity contribution in [1.82, 2.24) is 10.3 Å². The maximum atomic E-state index is 11.8. The summed E-state index contributed by atoms with van der Waals surface area (Å²) in [5.74, 6) is -1.29. The molecule has 112 valence electrons. The number of hydrogen-bond donors (Lipinski definition) is 3. The van der Waals surface area contributed by atoms with Gasteiger partial charge >= 0.3 is 12.0 Å². The monoisotopic (exact) mass is 327 g/mol. The second kappa shape index (κ2) is 6.28. The van der Waals surface area contributed by atoms with Gasteiger partial charge in [0, 0.05) is 5.02 Å². The predicted molar refractivity (Wildman–Crippen MR) is 83.0 cm³/mol. The lowest BCUT2D eigenvalue weighted by Gasteiger charge is -2.17. The Morgan fingerprint density at radius 1 is 1.38 bits per heavy atom. The van der Waals surface area contributed by atoms with E-state index in [0.29, 0.717) is 10.2 Å². The van der Waals surface area contributed by atoms with Crippen LogP contribution in [0.1, 0.15) is 13.8 Å². The van der Waals surface area contributed by atoms with Crippen LogP contribution in [0.2, 0.25) is 5.02 Å². The van der Waals surface area contributed by atoms with E-state index in [1.807, 2.05) is 0 Å². The molecule has 2 amide bonds. The van der Waals surface area contributed by atoms with E-state index in [1.54, 1.807) is 32.0 Å². The summed E-state index contributed by atoms with van der Waals surface area (Å²) in [6.07, 6.45) is 0. The molecule has 21 heavy (non-hydrogen) atoms. The van der Waals surface area contributed by atoms with E-state index in [9.17, 15) is 9.59 Å². The number of nitrogens with one attached hydrogen (secondary N) is 2. The molecule has 2 rings (SSSR count). The molecule has 3 N–H and O–H groups in total. The number of halogens is 1. The van der Waals surface area contributed by atoms with Crippen LogP contribution >= 0.6 is 22.9 Å². The second-order valence-electron chi connectivity index (χ2n) is 4.79. The highest BCUT2D eigenvalue weighted by atomic mass is 35.5. The largest absolute Gasteiger partial charge is 0.480 e. The first kappa shape index (κ1) is 15.5. The number of aliphatic carboxylic acids is 1. The smallest absolute Gasteiger partial charge is 0.326 e. The molecule has 8 heteroatoms. The fourth-order valence-corrected chi connectivity index (χ4v) is 2.88. The van der Waals surface area contributed by atoms with Crippen molar-refractivity contribution in [1.29, 1.82) is 0 Å². The normalized spacial score (nSPS) is 12.4. The Bertz CT molecular complexity index is 686. The van der Waals surface area contributed by atoms with Crippen molar-refractivity contribution in [2.45, 2.75) is 19.9 Å². The van der Waals surface area contributed by atoms with Crippen LogP contribution in [0, 0.1) is 5.92 Å². The summed E-state index contributed by atoms with van der Waals surface area (Å²) < 4.78 is 0.844. The molecule has 0 aliphatic carbocycles. The fourth-order valence-electron chi connectivity index (χ4n) is 1.74. The fraction of sp³-hybridized carbons (Fsp3) is 0.308. The summed E-state index contributed by atoms with van der Waals surface area (Å²) in [5.41, 5.74) is 0.721. The van der Waals surface area contributed by atoms with E-state index < -0.39 is 18.0 Å². The maximum Gasteiger partial charge on any atom is 0.326 e. The molecule has 0 saturated carbocycles. The Morgan fingerprint density at radius 2 is 2.10 bits per heavy atom. The average molecular weight is 328 g/mol. The Labute approximate surface area is 130 Å². The van der Waals surface area contributed by atoms with E-state index in [2.05, 4.69) is 15.6 Å². The molecular formula is C13H14ClN3O3S. The Morgan fingerprint density at radius 3 is 2.71 bits per heavy atom. The number of anilines is 1. The number of nitrogens with zero attached hydrogens (tertiary/aromatic N) is 1. The zero-order valence-electron chi connectivity index (χ0n) is 11.4. The molecule has 0 fully saturated rings. The van der Waals surface area contributed by atoms with Crippen LogP contribution < -0.4 is 10.6 Å². The van der Waals surface area contributed by atoms with Crippen molar-refractivity contribution in [2.24, 2.45) is 5.92 Å². The van der Waals surface area contributed by atoms with Gasteiger partial charge in [0.2, 0.25) is 0 Å². The van der Waals surface area contributed by atoms with Gasteiger partial charge in [-0.25, -0.2) is 14.6 Å². The van der Waals surface area contributed by atoms with E-state index >= 15 is 0 Å². The van der Waals surface area contributed by atoms with Gasteiger partial charge in [-0.15, -0.1) is 0 Å². The van der Waals surface area contributed by atoms with Crippen LogP contribution in [0.5, 0.6) is 0 Å². The summed E-state index contributed by atoms with van der Waals surface area (Å²) in [4.78, 5) is 27.1. The van der Waals surface area contributed by atoms with Gasteiger partial charge in [-0.3, -0.25) is 5.32 Å². The van der Waals surface area contributed by atoms with Gasteiger partial charge in [-0.2, -0.15) is 0 Å². The molecule has 1 aromatic carbocycles. The molecule has 0 aliphatic rings. The van der Waals surface area contributed by atoms with E-state index in [4.69, 9.17) is 16.7 Å². The highest BCUT2D eigenvalue weighted by molar-refractivity contribution is 7.22. The Hall–Kier alpha value is -1.86. The molecule has 0 aliphatic heterocycles. The maximum absolute atomic E-state index is 11.8. The summed E-state index contributed by atoms with van der Waals surface area (Å²) in [7, 11) is 0. The molecule has 1 aromatic heterocycles. The summed E-state index contributed by atoms with van der Waals surface area (Å²) in [6, 6.07) is 3.68. The predicted octanol–water partition coefficient (Wildman–Crippen LogP) is 3.18. The quantitative estimate of drug-likeness (QED) is 0.804. The first-order valence-corrected chi connectivity index (χ1v) is 7.42. The molecule has 1 atom stereocenters. The SMILES string of the molecule is CC(C)[C@@H](NC(=O)Nc1nc2ccc(Cl)cc2s1)C(=O)O. The highest BCUT2D eigenvalue weighted by Crippen LogP contribution is 2.28. The molecule has 0 bridgehead atoms. The second-order valence-corrected chi connectivity index (χ2v) is 6.26. The summed E-state index contributed by atoms with van der Waals surface area (Å²) in [6.45, 7) is 3.44. The minimum atomic E-state index is -1.07. The minimum Gasteiger partial charge on any atom is -0.480 e. The van der Waals surface area contributed by atoms with Crippen molar-refractivity contribution in [3.63, 3.8) is 0 Å². The number of carbonyl (C=O) groups is 2. The lowest BCUT2D eigenvalue weighted by molar-refractivity contribution is -0.140. The van der Waals surface area contributed by atoms with Gasteiger partial charge in [0.1, 0.15) is 6.04 Å². The Kier molecular flexibility index (Phi) is 4.64. The number of aromatic nitrogens is 1. The number of carbonyl (C=O) groups excluding carboxylic acids is 1. The van der Waals surface area contributed by atoms with Gasteiger partial charge in [-0.05, 0) is 24.1 Å². The van der Waals surface area contributed by atoms with E-state index in [1.165, 1.54) is 11.3 Å². The van der Waals surface area contributed by atoms with E-state index in [0.717, 1.165) is 10.2 Å². The lowest BCUT2D eigenvalue weighted by atomic mass is 10.1. The number of benzene rings is 1. The van der Waals surface area contributed by atoms with Crippen LogP contribution in [0.4, 0.5) is 9.93 Å². The standard InChI is InChI=1S/C13H14ClN3O3S/c1-6(2)10(11(18)19)16-12(20)17-13-15-8-4-3-7(14)5-9(8)21-13/h3-6,10H,1-2H3,(H,18,19)(H2,15,16,17,20)/t10-/m1/s1. The van der Waals surface area contributed by atoms with Gasteiger partial charge < -0.3 is 10.4 Å². The number of amides is 2. The van der Waals surface area contributed by atoms with Crippen molar-refractivity contribution in [2.75, 3.05) is 5.32 Å². The molecule has 0 saturated heterocycles. The number of thiazole rings is 1. The third kappa shape index (κ3) is 3.83. The lowest BCUT2D eigenvalue weighted by Crippen LogP contribution is -2.46. The number of fused-ring (bicyclic) bond motifs is 1. The van der Waals surface area contributed by atoms with Crippen LogP contribution in [0.25, 0.3) is 10.2 Å². The van der Waals surface area contributed by atoms with Crippen LogP contribution in [-0.2, 0) is 4.79 Å². The van der Waals surface area contributed by atoms with Gasteiger partial charge in [0.25, 0.3) is 0 Å². The zero-order chi connectivity index (χ0) is 15.6. The van der Waals surface area contributed by atoms with Crippen molar-refractivity contribution < 1.29 is 14.7 Å². The molecule has 0 spiro atoms. The summed E-state index contributed by atoms with van der Waals surface area (Å²) in [5, 5.41) is 15.0. The van der Waals surface area contributed by atoms with Crippen molar-refractivity contribution >= 4 is 50.3 Å². The molecule has 1 heterocycles. The number of rotatable bonds is 4. The minimum absolute atomic E-state index is 0.220. The van der Waals surface area contributed by atoms with Gasteiger partial charge in [-0.1, -0.05) is 36.8 Å². The van der Waals surface area contributed by atoms with Crippen molar-refractivity contribution in [3.8, 4) is 0 Å². The first-order chi connectivity index (χ1) is 9.86. The topological polar surface area (TPSA) is 91.3 Å². The molecule has 0 radical (unpaired) electrons. The third-order valence-electron chi connectivity index (χ3n) is 2.79. The number of urea groups is 1. The number of hydrogen-bond acceptors (Lipinski definition) is 4. The highest BCUT2D eigenvalue weighted by Gasteiger charge is 2.23. The first-order valence-electron chi connectivity index (χ1n) is 6.23. The Balaban J connectivity index is 2.09. The number of carboxylic acids is 1. The number of carboxylic acid groups (broad SMARTS) is 1. The molecule has 2 aromatic rings. The van der Waals surface area contributed by atoms with Crippen LogP contribution in [0.15, 0.2) is 18.2 Å². The van der Waals surface area contributed by atoms with Gasteiger partial charge in [0.15, 0.2) is 5.13 Å². The molecule has 0 unspecified atom stereocenters. The average Bonchev–Trinajstić information content (AvgIpc) is 2.76. The third-order valence-corrected chi connectivity index (χ3v) is 3.96. The molecule has 6 nitrogen and oxygen atoms in total. The van der Waals surface area contributed by atoms with Crippen molar-refractivity contribution in [3.05, 3.63) is 23.2 Å². The van der Waals surface area contributed by atoms with Gasteiger partial charge in [0.05, 0.1) is 10.2 Å².